The van der Waals surface area contributed by atoms with Gasteiger partial charge in [-0.05, 0) is 42.2 Å². The van der Waals surface area contributed by atoms with Gasteiger partial charge >= 0.3 is 0 Å². The first-order valence-electron chi connectivity index (χ1n) is 8.52. The summed E-state index contributed by atoms with van der Waals surface area (Å²) < 4.78 is 1.56. The molecule has 0 radical (unpaired) electrons. The number of nitrogens with one attached hydrogen (secondary N) is 1. The maximum atomic E-state index is 12.8. The van der Waals surface area contributed by atoms with Crippen LogP contribution in [0.15, 0.2) is 52.4 Å². The number of nitrogens with zero attached hydrogens (tertiary/aromatic N) is 2. The Bertz CT molecular complexity index is 1150. The number of pyridine rings is 1. The summed E-state index contributed by atoms with van der Waals surface area (Å²) in [6.45, 7) is 0.513. The second-order valence-corrected chi connectivity index (χ2v) is 6.79. The molecule has 0 fully saturated rings. The van der Waals surface area contributed by atoms with Crippen LogP contribution in [-0.2, 0) is 13.0 Å². The van der Waals surface area contributed by atoms with Crippen molar-refractivity contribution in [3.63, 3.8) is 0 Å². The van der Waals surface area contributed by atoms with Crippen molar-refractivity contribution < 1.29 is 9.90 Å². The van der Waals surface area contributed by atoms with Crippen molar-refractivity contribution in [2.75, 3.05) is 0 Å². The first-order chi connectivity index (χ1) is 13.1. The highest BCUT2D eigenvalue weighted by molar-refractivity contribution is 6.30. The Kier molecular flexibility index (Phi) is 4.41. The summed E-state index contributed by atoms with van der Waals surface area (Å²) in [5, 5.41) is 15.5. The van der Waals surface area contributed by atoms with E-state index in [0.717, 1.165) is 18.4 Å². The van der Waals surface area contributed by atoms with Gasteiger partial charge in [0.1, 0.15) is 11.3 Å². The lowest BCUT2D eigenvalue weighted by Crippen LogP contribution is -2.33. The van der Waals surface area contributed by atoms with Crippen LogP contribution >= 0.6 is 11.6 Å². The number of aromatic hydroxyl groups is 1. The van der Waals surface area contributed by atoms with Crippen LogP contribution in [0.3, 0.4) is 0 Å². The highest BCUT2D eigenvalue weighted by Gasteiger charge is 2.24. The van der Waals surface area contributed by atoms with Gasteiger partial charge in [-0.3, -0.25) is 9.59 Å². The van der Waals surface area contributed by atoms with E-state index in [0.29, 0.717) is 28.0 Å². The van der Waals surface area contributed by atoms with Gasteiger partial charge in [-0.1, -0.05) is 35.9 Å². The maximum Gasteiger partial charge on any atom is 0.280 e. The third-order valence-electron chi connectivity index (χ3n) is 4.62. The second-order valence-electron chi connectivity index (χ2n) is 6.35. The highest BCUT2D eigenvalue weighted by Crippen LogP contribution is 2.31. The van der Waals surface area contributed by atoms with E-state index in [4.69, 9.17) is 11.6 Å². The average Bonchev–Trinajstić information content (AvgIpc) is 2.66. The van der Waals surface area contributed by atoms with Crippen LogP contribution in [0.2, 0.25) is 5.02 Å². The first kappa shape index (κ1) is 17.3. The molecule has 27 heavy (non-hydrogen) atoms. The van der Waals surface area contributed by atoms with Crippen molar-refractivity contribution in [2.45, 2.75) is 19.4 Å². The molecule has 136 valence electrons. The third kappa shape index (κ3) is 3.08. The second kappa shape index (κ2) is 6.89. The van der Waals surface area contributed by atoms with Crippen LogP contribution in [0.25, 0.3) is 10.9 Å². The van der Waals surface area contributed by atoms with Crippen molar-refractivity contribution in [1.82, 2.24) is 9.99 Å². The average molecular weight is 382 g/mol. The van der Waals surface area contributed by atoms with Crippen molar-refractivity contribution >= 4 is 34.6 Å². The zero-order chi connectivity index (χ0) is 19.0. The summed E-state index contributed by atoms with van der Waals surface area (Å²) in [4.78, 5) is 25.3. The van der Waals surface area contributed by atoms with Gasteiger partial charge in [-0.2, -0.15) is 5.10 Å². The Morgan fingerprint density at radius 3 is 2.89 bits per heavy atom. The van der Waals surface area contributed by atoms with Crippen LogP contribution in [-0.4, -0.2) is 21.8 Å². The van der Waals surface area contributed by atoms with Gasteiger partial charge in [-0.15, -0.1) is 0 Å². The summed E-state index contributed by atoms with van der Waals surface area (Å²) in [7, 11) is 0. The molecule has 0 saturated heterocycles. The summed E-state index contributed by atoms with van der Waals surface area (Å²) in [6, 6.07) is 12.4. The maximum absolute atomic E-state index is 12.8. The lowest BCUT2D eigenvalue weighted by molar-refractivity contribution is 0.0950. The molecule has 0 aliphatic carbocycles. The van der Waals surface area contributed by atoms with E-state index < -0.39 is 11.5 Å². The van der Waals surface area contributed by atoms with E-state index in [-0.39, 0.29) is 11.3 Å². The largest absolute Gasteiger partial charge is 0.506 e. The third-order valence-corrected chi connectivity index (χ3v) is 4.86. The summed E-state index contributed by atoms with van der Waals surface area (Å²) in [5.41, 5.74) is 3.89. The monoisotopic (exact) mass is 381 g/mol. The number of para-hydroxylation sites is 1. The number of carbonyl (C=O) groups excluding carboxylic acids is 1. The number of aryl methyl sites for hydroxylation is 2. The van der Waals surface area contributed by atoms with Gasteiger partial charge in [-0.25, -0.2) is 5.43 Å². The Morgan fingerprint density at radius 1 is 1.26 bits per heavy atom. The fourth-order valence-corrected chi connectivity index (χ4v) is 3.63. The Balaban J connectivity index is 1.71. The van der Waals surface area contributed by atoms with E-state index in [1.54, 1.807) is 34.9 Å². The molecule has 2 N–H and O–H groups in total. The Labute approximate surface area is 159 Å². The van der Waals surface area contributed by atoms with Gasteiger partial charge in [0.05, 0.1) is 11.7 Å². The van der Waals surface area contributed by atoms with Gasteiger partial charge < -0.3 is 9.67 Å². The number of hydrazone groups is 1. The Morgan fingerprint density at radius 2 is 2.07 bits per heavy atom. The number of amides is 1. The molecule has 2 heterocycles. The molecule has 0 atom stereocenters. The van der Waals surface area contributed by atoms with E-state index in [1.165, 1.54) is 6.21 Å². The number of rotatable bonds is 3. The van der Waals surface area contributed by atoms with Gasteiger partial charge in [0.25, 0.3) is 11.5 Å². The van der Waals surface area contributed by atoms with E-state index >= 15 is 0 Å². The lowest BCUT2D eigenvalue weighted by atomic mass is 9.99. The van der Waals surface area contributed by atoms with Gasteiger partial charge in [0.15, 0.2) is 0 Å². The minimum absolute atomic E-state index is 0.301. The Hall–Kier alpha value is -3.12. The normalized spacial score (nSPS) is 13.2. The number of halogens is 1. The molecule has 0 spiro atoms. The fraction of sp³-hybridized carbons (Fsp3) is 0.150. The van der Waals surface area contributed by atoms with Crippen LogP contribution in [0.1, 0.15) is 27.9 Å². The van der Waals surface area contributed by atoms with Crippen LogP contribution in [0.4, 0.5) is 0 Å². The molecule has 1 amide bonds. The summed E-state index contributed by atoms with van der Waals surface area (Å²) in [6.07, 6.45) is 3.07. The van der Waals surface area contributed by atoms with Crippen molar-refractivity contribution in [2.24, 2.45) is 5.10 Å². The number of hydrogen-bond acceptors (Lipinski definition) is 4. The molecule has 1 aliphatic rings. The molecule has 0 bridgehead atoms. The van der Waals surface area contributed by atoms with Gasteiger partial charge in [0.2, 0.25) is 0 Å². The van der Waals surface area contributed by atoms with Crippen LogP contribution in [0, 0.1) is 0 Å². The van der Waals surface area contributed by atoms with E-state index in [1.807, 2.05) is 12.1 Å². The van der Waals surface area contributed by atoms with Crippen molar-refractivity contribution in [1.29, 1.82) is 0 Å². The zero-order valence-electron chi connectivity index (χ0n) is 14.3. The topological polar surface area (TPSA) is 83.7 Å². The van der Waals surface area contributed by atoms with Crippen molar-refractivity contribution in [3.05, 3.63) is 74.5 Å². The summed E-state index contributed by atoms with van der Waals surface area (Å²) >= 11 is 5.90. The quantitative estimate of drug-likeness (QED) is 0.540. The molecule has 1 aliphatic heterocycles. The highest BCUT2D eigenvalue weighted by atomic mass is 35.5. The number of carbonyl (C=O) groups is 1. The van der Waals surface area contributed by atoms with E-state index in [9.17, 15) is 14.7 Å². The summed E-state index contributed by atoms with van der Waals surface area (Å²) in [5.74, 6) is -1.07. The SMILES string of the molecule is O=C(N/N=C/c1cccc(Cl)c1)c1c(O)c2cccc3c2n(c1=O)CCC3. The predicted molar refractivity (Wildman–Crippen MR) is 105 cm³/mol. The van der Waals surface area contributed by atoms with Crippen molar-refractivity contribution in [3.8, 4) is 5.75 Å². The fourth-order valence-electron chi connectivity index (χ4n) is 3.43. The lowest BCUT2D eigenvalue weighted by Gasteiger charge is -2.21. The predicted octanol–water partition coefficient (Wildman–Crippen LogP) is 3.07. The molecule has 0 saturated carbocycles. The number of benzene rings is 2. The molecular formula is C20H16ClN3O3. The van der Waals surface area contributed by atoms with E-state index in [2.05, 4.69) is 10.5 Å². The minimum Gasteiger partial charge on any atom is -0.506 e. The van der Waals surface area contributed by atoms with Crippen LogP contribution < -0.4 is 11.0 Å². The molecular weight excluding hydrogens is 366 g/mol. The molecule has 4 rings (SSSR count). The smallest absolute Gasteiger partial charge is 0.280 e. The standard InChI is InChI=1S/C20H16ClN3O3/c21-14-7-1-4-12(10-14)11-22-23-19(26)16-18(25)15-8-2-5-13-6-3-9-24(17(13)15)20(16)27/h1-2,4-5,7-8,10-11,25H,3,6,9H2,(H,23,26)/b22-11+. The molecule has 1 aromatic heterocycles. The molecule has 2 aromatic carbocycles. The number of aromatic nitrogens is 1. The number of hydrogen-bond donors (Lipinski definition) is 2. The van der Waals surface area contributed by atoms with Gasteiger partial charge in [0, 0.05) is 17.0 Å². The molecule has 7 heteroatoms. The van der Waals surface area contributed by atoms with Crippen LogP contribution in [0.5, 0.6) is 5.75 Å². The molecule has 0 unspecified atom stereocenters. The zero-order valence-corrected chi connectivity index (χ0v) is 15.0. The minimum atomic E-state index is -0.752. The first-order valence-corrected chi connectivity index (χ1v) is 8.90. The molecule has 3 aromatic rings. The molecule has 6 nitrogen and oxygen atoms in total.